The predicted molar refractivity (Wildman–Crippen MR) is 66.1 cm³/mol. The first-order valence-corrected chi connectivity index (χ1v) is 6.61. The van der Waals surface area contributed by atoms with E-state index < -0.39 is 4.92 Å². The van der Waals surface area contributed by atoms with Crippen molar-refractivity contribution >= 4 is 29.1 Å². The van der Waals surface area contributed by atoms with Gasteiger partial charge in [-0.15, -0.1) is 5.10 Å². The Labute approximate surface area is 116 Å². The topological polar surface area (TPSA) is 99.6 Å². The summed E-state index contributed by atoms with van der Waals surface area (Å²) in [6.07, 6.45) is 2.04. The third kappa shape index (κ3) is 2.51. The van der Waals surface area contributed by atoms with E-state index in [9.17, 15) is 10.1 Å². The number of pyridine rings is 1. The second-order valence-electron chi connectivity index (χ2n) is 3.95. The van der Waals surface area contributed by atoms with Gasteiger partial charge in [0, 0.05) is 6.07 Å². The molecule has 8 nitrogen and oxygen atoms in total. The van der Waals surface area contributed by atoms with Crippen molar-refractivity contribution in [1.29, 1.82) is 0 Å². The number of halogens is 1. The lowest BCUT2D eigenvalue weighted by Gasteiger charge is -2.02. The molecule has 0 aliphatic heterocycles. The van der Waals surface area contributed by atoms with Gasteiger partial charge in [0.2, 0.25) is 5.16 Å². The number of nitrogens with zero attached hydrogens (tertiary/aromatic N) is 6. The summed E-state index contributed by atoms with van der Waals surface area (Å²) in [4.78, 5) is 14.4. The van der Waals surface area contributed by atoms with Gasteiger partial charge in [-0.1, -0.05) is 11.6 Å². The maximum Gasteiger partial charge on any atom is 0.301 e. The average Bonchev–Trinajstić information content (AvgIpc) is 3.10. The van der Waals surface area contributed by atoms with Crippen LogP contribution in [0.2, 0.25) is 5.15 Å². The first-order chi connectivity index (χ1) is 9.15. The van der Waals surface area contributed by atoms with E-state index in [4.69, 9.17) is 11.6 Å². The van der Waals surface area contributed by atoms with Crippen molar-refractivity contribution in [3.05, 3.63) is 27.4 Å². The van der Waals surface area contributed by atoms with Gasteiger partial charge in [-0.3, -0.25) is 10.1 Å². The summed E-state index contributed by atoms with van der Waals surface area (Å²) in [5.41, 5.74) is -0.111. The van der Waals surface area contributed by atoms with Crippen molar-refractivity contribution in [3.63, 3.8) is 0 Å². The summed E-state index contributed by atoms with van der Waals surface area (Å²) >= 11 is 6.82. The number of rotatable bonds is 4. The Morgan fingerprint density at radius 2 is 2.26 bits per heavy atom. The maximum atomic E-state index is 10.9. The Balaban J connectivity index is 1.95. The number of hydrogen-bond acceptors (Lipinski definition) is 7. The predicted octanol–water partition coefficient (Wildman–Crippen LogP) is 2.12. The Morgan fingerprint density at radius 1 is 1.47 bits per heavy atom. The molecular formula is C9H7ClN6O2S. The number of nitro groups is 1. The van der Waals surface area contributed by atoms with Crippen molar-refractivity contribution in [1.82, 2.24) is 25.2 Å². The fourth-order valence-electron chi connectivity index (χ4n) is 1.51. The number of tetrazole rings is 1. The van der Waals surface area contributed by atoms with E-state index in [-0.39, 0.29) is 21.9 Å². The molecule has 0 bridgehead atoms. The zero-order chi connectivity index (χ0) is 13.4. The summed E-state index contributed by atoms with van der Waals surface area (Å²) < 4.78 is 1.66. The molecule has 0 amide bonds. The molecule has 2 aromatic rings. The fraction of sp³-hybridized carbons (Fsp3) is 0.333. The van der Waals surface area contributed by atoms with Gasteiger partial charge in [-0.25, -0.2) is 9.67 Å². The van der Waals surface area contributed by atoms with Gasteiger partial charge in [0.05, 0.1) is 11.0 Å². The van der Waals surface area contributed by atoms with Crippen molar-refractivity contribution < 1.29 is 4.92 Å². The second-order valence-corrected chi connectivity index (χ2v) is 5.30. The van der Waals surface area contributed by atoms with Crippen LogP contribution >= 0.6 is 23.4 Å². The van der Waals surface area contributed by atoms with E-state index in [1.807, 2.05) is 0 Å². The highest BCUT2D eigenvalue weighted by Crippen LogP contribution is 2.39. The molecule has 0 aromatic carbocycles. The molecule has 19 heavy (non-hydrogen) atoms. The van der Waals surface area contributed by atoms with E-state index in [1.54, 1.807) is 4.68 Å². The molecule has 10 heteroatoms. The Morgan fingerprint density at radius 3 is 2.95 bits per heavy atom. The summed E-state index contributed by atoms with van der Waals surface area (Å²) in [6.45, 7) is 0. The van der Waals surface area contributed by atoms with Crippen LogP contribution in [0.1, 0.15) is 18.9 Å². The summed E-state index contributed by atoms with van der Waals surface area (Å²) in [6, 6.07) is 2.99. The van der Waals surface area contributed by atoms with Gasteiger partial charge >= 0.3 is 5.69 Å². The normalized spacial score (nSPS) is 14.6. The van der Waals surface area contributed by atoms with Crippen LogP contribution in [0, 0.1) is 10.1 Å². The summed E-state index contributed by atoms with van der Waals surface area (Å²) in [5.74, 6) is 0. The van der Waals surface area contributed by atoms with E-state index >= 15 is 0 Å². The van der Waals surface area contributed by atoms with Crippen LogP contribution in [0.5, 0.6) is 0 Å². The minimum Gasteiger partial charge on any atom is -0.258 e. The second kappa shape index (κ2) is 4.74. The Kier molecular flexibility index (Phi) is 3.07. The highest BCUT2D eigenvalue weighted by molar-refractivity contribution is 7.99. The van der Waals surface area contributed by atoms with Crippen molar-refractivity contribution in [2.24, 2.45) is 0 Å². The summed E-state index contributed by atoms with van der Waals surface area (Å²) in [7, 11) is 0. The molecule has 0 unspecified atom stereocenters. The standard InChI is InChI=1S/C9H7ClN6O2S/c10-7-4-3-6(16(17)18)8(11-7)19-9-12-13-14-15(9)5-1-2-5/h3-5H,1-2H2. The van der Waals surface area contributed by atoms with Gasteiger partial charge in [0.1, 0.15) is 5.15 Å². The van der Waals surface area contributed by atoms with E-state index in [0.717, 1.165) is 24.6 Å². The smallest absolute Gasteiger partial charge is 0.258 e. The molecule has 1 saturated carbocycles. The van der Waals surface area contributed by atoms with Crippen molar-refractivity contribution in [2.45, 2.75) is 29.1 Å². The zero-order valence-electron chi connectivity index (χ0n) is 9.43. The lowest BCUT2D eigenvalue weighted by Crippen LogP contribution is -2.00. The molecule has 98 valence electrons. The van der Waals surface area contributed by atoms with Crippen LogP contribution in [0.15, 0.2) is 22.3 Å². The van der Waals surface area contributed by atoms with Crippen LogP contribution in [0.3, 0.4) is 0 Å². The lowest BCUT2D eigenvalue weighted by atomic mass is 10.4. The molecule has 2 heterocycles. The SMILES string of the molecule is O=[N+]([O-])c1ccc(Cl)nc1Sc1nnnn1C1CC1. The fourth-order valence-corrected chi connectivity index (χ4v) is 2.63. The quantitative estimate of drug-likeness (QED) is 0.484. The molecule has 1 fully saturated rings. The highest BCUT2D eigenvalue weighted by Gasteiger charge is 2.29. The van der Waals surface area contributed by atoms with E-state index in [1.165, 1.54) is 12.1 Å². The molecule has 0 atom stereocenters. The first-order valence-electron chi connectivity index (χ1n) is 5.42. The highest BCUT2D eigenvalue weighted by atomic mass is 35.5. The third-order valence-electron chi connectivity index (χ3n) is 2.55. The van der Waals surface area contributed by atoms with Crippen molar-refractivity contribution in [2.75, 3.05) is 0 Å². The zero-order valence-corrected chi connectivity index (χ0v) is 11.0. The van der Waals surface area contributed by atoms with Gasteiger partial charge in [-0.2, -0.15) is 0 Å². The molecule has 1 aliphatic carbocycles. The largest absolute Gasteiger partial charge is 0.301 e. The first kappa shape index (κ1) is 12.3. The maximum absolute atomic E-state index is 10.9. The molecule has 1 aliphatic rings. The summed E-state index contributed by atoms with van der Waals surface area (Å²) in [5, 5.41) is 23.1. The van der Waals surface area contributed by atoms with Gasteiger partial charge in [0.15, 0.2) is 5.03 Å². The molecule has 0 N–H and O–H groups in total. The number of hydrogen-bond donors (Lipinski definition) is 0. The Bertz CT molecular complexity index is 643. The van der Waals surface area contributed by atoms with Crippen LogP contribution in [-0.2, 0) is 0 Å². The van der Waals surface area contributed by atoms with Gasteiger partial charge in [-0.05, 0) is 41.1 Å². The molecule has 0 radical (unpaired) electrons. The van der Waals surface area contributed by atoms with Gasteiger partial charge in [0.25, 0.3) is 0 Å². The van der Waals surface area contributed by atoms with E-state index in [0.29, 0.717) is 5.16 Å². The average molecular weight is 299 g/mol. The van der Waals surface area contributed by atoms with Gasteiger partial charge < -0.3 is 0 Å². The lowest BCUT2D eigenvalue weighted by molar-refractivity contribution is -0.388. The molecule has 0 spiro atoms. The molecule has 3 rings (SSSR count). The van der Waals surface area contributed by atoms with E-state index in [2.05, 4.69) is 20.5 Å². The van der Waals surface area contributed by atoms with Crippen LogP contribution in [0.4, 0.5) is 5.69 Å². The van der Waals surface area contributed by atoms with Crippen molar-refractivity contribution in [3.8, 4) is 0 Å². The minimum atomic E-state index is -0.503. The molecule has 0 saturated heterocycles. The van der Waals surface area contributed by atoms with Crippen LogP contribution in [0.25, 0.3) is 0 Å². The number of aromatic nitrogens is 5. The minimum absolute atomic E-state index is 0.111. The van der Waals surface area contributed by atoms with Crippen LogP contribution in [-0.4, -0.2) is 30.1 Å². The Hall–Kier alpha value is -1.74. The molecular weight excluding hydrogens is 292 g/mol. The molecule has 2 aromatic heterocycles. The van der Waals surface area contributed by atoms with Crippen LogP contribution < -0.4 is 0 Å². The monoisotopic (exact) mass is 298 g/mol. The third-order valence-corrected chi connectivity index (χ3v) is 3.70.